The van der Waals surface area contributed by atoms with Gasteiger partial charge in [-0.3, -0.25) is 4.79 Å². The normalized spacial score (nSPS) is 47.6. The molecule has 0 aromatic carbocycles. The molecule has 8 atom stereocenters. The Morgan fingerprint density at radius 3 is 2.41 bits per heavy atom. The Morgan fingerprint density at radius 1 is 1.10 bits per heavy atom. The van der Waals surface area contributed by atoms with Crippen LogP contribution >= 0.6 is 0 Å². The molecular formula is C24H42O5. The highest BCUT2D eigenvalue weighted by molar-refractivity contribution is 5.87. The number of ether oxygens (including phenoxy) is 4. The van der Waals surface area contributed by atoms with Crippen molar-refractivity contribution in [3.05, 3.63) is 0 Å². The van der Waals surface area contributed by atoms with E-state index < -0.39 is 5.41 Å². The smallest absolute Gasteiger partial charge is 0.146 e. The lowest BCUT2D eigenvalue weighted by Crippen LogP contribution is -2.63. The van der Waals surface area contributed by atoms with Crippen LogP contribution in [0.25, 0.3) is 0 Å². The van der Waals surface area contributed by atoms with Crippen LogP contribution in [-0.4, -0.2) is 52.2 Å². The quantitative estimate of drug-likeness (QED) is 0.580. The van der Waals surface area contributed by atoms with Gasteiger partial charge in [0, 0.05) is 32.2 Å². The summed E-state index contributed by atoms with van der Waals surface area (Å²) in [5, 5.41) is 0. The average molecular weight is 411 g/mol. The van der Waals surface area contributed by atoms with Gasteiger partial charge in [0.25, 0.3) is 0 Å². The van der Waals surface area contributed by atoms with E-state index in [1.807, 2.05) is 14.0 Å². The van der Waals surface area contributed by atoms with E-state index >= 15 is 0 Å². The number of methoxy groups -OCH3 is 2. The van der Waals surface area contributed by atoms with Gasteiger partial charge in [0.1, 0.15) is 12.6 Å². The van der Waals surface area contributed by atoms with E-state index in [1.165, 1.54) is 0 Å². The number of ketones is 1. The second kappa shape index (κ2) is 8.57. The van der Waals surface area contributed by atoms with Crippen LogP contribution in [0.5, 0.6) is 0 Å². The van der Waals surface area contributed by atoms with Gasteiger partial charge in [0.05, 0.1) is 24.2 Å². The highest BCUT2D eigenvalue weighted by Crippen LogP contribution is 2.68. The van der Waals surface area contributed by atoms with Crippen molar-refractivity contribution in [1.29, 1.82) is 0 Å². The van der Waals surface area contributed by atoms with E-state index in [2.05, 4.69) is 27.7 Å². The van der Waals surface area contributed by atoms with E-state index in [9.17, 15) is 4.79 Å². The lowest BCUT2D eigenvalue weighted by molar-refractivity contribution is -0.222. The minimum absolute atomic E-state index is 0.00769. The molecule has 2 bridgehead atoms. The molecule has 0 N–H and O–H groups in total. The van der Waals surface area contributed by atoms with Crippen molar-refractivity contribution in [2.75, 3.05) is 34.2 Å². The molecular weight excluding hydrogens is 368 g/mol. The maximum Gasteiger partial charge on any atom is 0.146 e. The highest BCUT2D eigenvalue weighted by atomic mass is 16.7. The van der Waals surface area contributed by atoms with Crippen LogP contribution in [0.3, 0.4) is 0 Å². The molecule has 0 aromatic heterocycles. The molecule has 0 saturated heterocycles. The SMILES string of the molecule is CCOC[C@]1(C)C[C@@H](OCOC)[C@@]2(C)C3[C@H](OC)CCC3(CC[C@H]2C)[C@@H](C)C1=O. The molecule has 5 heteroatoms. The van der Waals surface area contributed by atoms with Crippen LogP contribution in [0.4, 0.5) is 0 Å². The summed E-state index contributed by atoms with van der Waals surface area (Å²) in [5.41, 5.74) is -0.632. The molecule has 0 amide bonds. The molecule has 3 aliphatic carbocycles. The van der Waals surface area contributed by atoms with Gasteiger partial charge in [-0.05, 0) is 56.3 Å². The van der Waals surface area contributed by atoms with Crippen LogP contribution in [-0.2, 0) is 23.7 Å². The van der Waals surface area contributed by atoms with Gasteiger partial charge < -0.3 is 18.9 Å². The van der Waals surface area contributed by atoms with Crippen LogP contribution in [0.15, 0.2) is 0 Å². The predicted molar refractivity (Wildman–Crippen MR) is 113 cm³/mol. The zero-order chi connectivity index (χ0) is 21.4. The van der Waals surface area contributed by atoms with Gasteiger partial charge in [-0.25, -0.2) is 0 Å². The first-order valence-corrected chi connectivity index (χ1v) is 11.5. The van der Waals surface area contributed by atoms with E-state index in [4.69, 9.17) is 18.9 Å². The third kappa shape index (κ3) is 3.50. The summed E-state index contributed by atoms with van der Waals surface area (Å²) in [7, 11) is 3.50. The van der Waals surface area contributed by atoms with Gasteiger partial charge >= 0.3 is 0 Å². The number of Topliss-reactive ketones (excluding diaryl/α,β-unsaturated/α-hetero) is 1. The standard InChI is InChI=1S/C24H42O5/c1-8-28-14-22(4)13-19(29-15-26-6)23(5)16(2)9-11-24(17(3)21(22)25)12-10-18(27-7)20(23)24/h16-20H,8-15H2,1-7H3/t16-,17+,18-,19-,20?,22+,23+,24?/m1/s1. The Hall–Kier alpha value is -0.490. The highest BCUT2D eigenvalue weighted by Gasteiger charge is 2.68. The maximum absolute atomic E-state index is 14.0. The summed E-state index contributed by atoms with van der Waals surface area (Å²) in [5.74, 6) is 1.17. The van der Waals surface area contributed by atoms with Crippen molar-refractivity contribution < 1.29 is 23.7 Å². The molecule has 0 aromatic rings. The van der Waals surface area contributed by atoms with Crippen molar-refractivity contribution in [1.82, 2.24) is 0 Å². The van der Waals surface area contributed by atoms with Crippen LogP contribution in [0.1, 0.15) is 66.7 Å². The Bertz CT molecular complexity index is 594. The first kappa shape index (κ1) is 23.2. The lowest BCUT2D eigenvalue weighted by Gasteiger charge is -2.62. The lowest BCUT2D eigenvalue weighted by atomic mass is 9.44. The molecule has 29 heavy (non-hydrogen) atoms. The monoisotopic (exact) mass is 410 g/mol. The molecule has 0 aliphatic heterocycles. The second-order valence-electron chi connectivity index (χ2n) is 10.4. The molecule has 3 saturated carbocycles. The number of hydrogen-bond acceptors (Lipinski definition) is 5. The molecule has 3 rings (SSSR count). The molecule has 0 radical (unpaired) electrons. The molecule has 0 heterocycles. The van der Waals surface area contributed by atoms with E-state index in [-0.39, 0.29) is 35.7 Å². The number of carbonyl (C=O) groups is 1. The molecule has 3 aliphatic rings. The number of carbonyl (C=O) groups excluding carboxylic acids is 1. The first-order valence-electron chi connectivity index (χ1n) is 11.5. The number of hydrogen-bond donors (Lipinski definition) is 0. The van der Waals surface area contributed by atoms with Crippen molar-refractivity contribution in [2.45, 2.75) is 78.9 Å². The minimum atomic E-state index is -0.546. The molecule has 2 unspecified atom stereocenters. The van der Waals surface area contributed by atoms with E-state index in [0.29, 0.717) is 37.3 Å². The second-order valence-corrected chi connectivity index (χ2v) is 10.4. The Kier molecular flexibility index (Phi) is 6.85. The van der Waals surface area contributed by atoms with Gasteiger partial charge in [-0.15, -0.1) is 0 Å². The summed E-state index contributed by atoms with van der Waals surface area (Å²) in [6.45, 7) is 12.4. The fraction of sp³-hybridized carbons (Fsp3) is 0.958. The molecule has 168 valence electrons. The summed E-state index contributed by atoms with van der Waals surface area (Å²) < 4.78 is 23.6. The number of rotatable bonds is 7. The summed E-state index contributed by atoms with van der Waals surface area (Å²) in [6.07, 6.45) is 5.11. The van der Waals surface area contributed by atoms with Crippen molar-refractivity contribution >= 4 is 5.78 Å². The predicted octanol–water partition coefficient (Wildman–Crippen LogP) is 4.47. The fourth-order valence-electron chi connectivity index (χ4n) is 7.34. The van der Waals surface area contributed by atoms with Gasteiger partial charge in [-0.2, -0.15) is 0 Å². The van der Waals surface area contributed by atoms with Crippen LogP contribution in [0.2, 0.25) is 0 Å². The third-order valence-electron chi connectivity index (χ3n) is 9.16. The Morgan fingerprint density at radius 2 is 1.79 bits per heavy atom. The third-order valence-corrected chi connectivity index (χ3v) is 9.16. The minimum Gasteiger partial charge on any atom is -0.381 e. The fourth-order valence-corrected chi connectivity index (χ4v) is 7.34. The van der Waals surface area contributed by atoms with E-state index in [0.717, 1.165) is 25.7 Å². The van der Waals surface area contributed by atoms with Crippen LogP contribution in [0, 0.1) is 34.0 Å². The summed E-state index contributed by atoms with van der Waals surface area (Å²) in [6, 6.07) is 0. The van der Waals surface area contributed by atoms with Gasteiger partial charge in [0.2, 0.25) is 0 Å². The summed E-state index contributed by atoms with van der Waals surface area (Å²) >= 11 is 0. The van der Waals surface area contributed by atoms with Crippen molar-refractivity contribution in [3.63, 3.8) is 0 Å². The van der Waals surface area contributed by atoms with Crippen LogP contribution < -0.4 is 0 Å². The van der Waals surface area contributed by atoms with Gasteiger partial charge in [-0.1, -0.05) is 27.7 Å². The Labute approximate surface area is 177 Å². The Balaban J connectivity index is 2.14. The first-order chi connectivity index (χ1) is 13.7. The largest absolute Gasteiger partial charge is 0.381 e. The molecule has 5 nitrogen and oxygen atoms in total. The maximum atomic E-state index is 14.0. The average Bonchev–Trinajstić information content (AvgIpc) is 3.11. The zero-order valence-corrected chi connectivity index (χ0v) is 19.6. The zero-order valence-electron chi connectivity index (χ0n) is 19.6. The van der Waals surface area contributed by atoms with Gasteiger partial charge in [0.15, 0.2) is 0 Å². The molecule has 3 fully saturated rings. The molecule has 0 spiro atoms. The van der Waals surface area contributed by atoms with Crippen molar-refractivity contribution in [2.24, 2.45) is 34.0 Å². The topological polar surface area (TPSA) is 54.0 Å². The van der Waals surface area contributed by atoms with Crippen molar-refractivity contribution in [3.8, 4) is 0 Å². The summed E-state index contributed by atoms with van der Waals surface area (Å²) in [4.78, 5) is 14.0. The van der Waals surface area contributed by atoms with E-state index in [1.54, 1.807) is 7.11 Å².